The predicted octanol–water partition coefficient (Wildman–Crippen LogP) is 2.52. The topological polar surface area (TPSA) is 49.4 Å². The molecule has 112 valence electrons. The Bertz CT molecular complexity index is 569. The summed E-state index contributed by atoms with van der Waals surface area (Å²) in [5.74, 6) is 0. The summed E-state index contributed by atoms with van der Waals surface area (Å²) in [5.41, 5.74) is 0.917. The first-order valence-electron chi connectivity index (χ1n) is 6.89. The summed E-state index contributed by atoms with van der Waals surface area (Å²) >= 11 is 3.38. The third-order valence-electron chi connectivity index (χ3n) is 3.53. The maximum absolute atomic E-state index is 12.3. The van der Waals surface area contributed by atoms with Crippen LogP contribution in [0.25, 0.3) is 0 Å². The molecule has 1 unspecified atom stereocenters. The van der Waals surface area contributed by atoms with Crippen LogP contribution in [0.3, 0.4) is 0 Å². The molecule has 1 aliphatic rings. The Morgan fingerprint density at radius 2 is 2.00 bits per heavy atom. The van der Waals surface area contributed by atoms with Crippen LogP contribution in [-0.4, -0.2) is 39.0 Å². The molecule has 1 N–H and O–H groups in total. The maximum atomic E-state index is 12.3. The summed E-state index contributed by atoms with van der Waals surface area (Å²) in [4.78, 5) is 2.63. The van der Waals surface area contributed by atoms with Crippen molar-refractivity contribution < 1.29 is 8.42 Å². The number of nitrogens with one attached hydrogen (secondary N) is 1. The molecule has 2 rings (SSSR count). The molecule has 6 heteroatoms. The number of hydrogen-bond acceptors (Lipinski definition) is 3. The van der Waals surface area contributed by atoms with E-state index >= 15 is 0 Å². The second-order valence-corrected chi connectivity index (χ2v) is 8.01. The van der Waals surface area contributed by atoms with Crippen molar-refractivity contribution in [2.45, 2.75) is 37.6 Å². The van der Waals surface area contributed by atoms with Crippen LogP contribution in [0, 0.1) is 6.92 Å². The lowest BCUT2D eigenvalue weighted by molar-refractivity contribution is 0.313. The third-order valence-corrected chi connectivity index (χ3v) is 6.00. The molecule has 1 aromatic rings. The zero-order valence-corrected chi connectivity index (χ0v) is 14.3. The van der Waals surface area contributed by atoms with Gasteiger partial charge in [-0.05, 0) is 63.5 Å². The van der Waals surface area contributed by atoms with Crippen molar-refractivity contribution in [3.05, 3.63) is 28.2 Å². The summed E-state index contributed by atoms with van der Waals surface area (Å²) in [7, 11) is -3.44. The monoisotopic (exact) mass is 360 g/mol. The molecule has 0 saturated carbocycles. The van der Waals surface area contributed by atoms with E-state index in [1.807, 2.05) is 13.8 Å². The normalized spacial score (nSPS) is 18.4. The summed E-state index contributed by atoms with van der Waals surface area (Å²) in [6.45, 7) is 6.72. The van der Waals surface area contributed by atoms with Gasteiger partial charge >= 0.3 is 0 Å². The van der Waals surface area contributed by atoms with Crippen molar-refractivity contribution in [1.29, 1.82) is 0 Å². The number of hydrogen-bond donors (Lipinski definition) is 1. The van der Waals surface area contributed by atoms with E-state index in [0.717, 1.165) is 29.7 Å². The van der Waals surface area contributed by atoms with Crippen LogP contribution in [0.1, 0.15) is 25.3 Å². The van der Waals surface area contributed by atoms with Crippen molar-refractivity contribution in [3.8, 4) is 0 Å². The molecule has 1 aliphatic heterocycles. The van der Waals surface area contributed by atoms with E-state index in [1.165, 1.54) is 12.8 Å². The van der Waals surface area contributed by atoms with E-state index in [2.05, 4.69) is 25.6 Å². The van der Waals surface area contributed by atoms with Crippen LogP contribution < -0.4 is 4.72 Å². The molecule has 0 amide bonds. The van der Waals surface area contributed by atoms with Gasteiger partial charge in [0.15, 0.2) is 0 Å². The smallest absolute Gasteiger partial charge is 0.240 e. The highest BCUT2D eigenvalue weighted by Crippen LogP contribution is 2.20. The number of benzene rings is 1. The molecule has 0 spiro atoms. The van der Waals surface area contributed by atoms with Crippen LogP contribution in [0.5, 0.6) is 0 Å². The van der Waals surface area contributed by atoms with Crippen LogP contribution in [0.2, 0.25) is 0 Å². The Hall–Kier alpha value is -0.430. The summed E-state index contributed by atoms with van der Waals surface area (Å²) in [5, 5.41) is 0. The fourth-order valence-corrected chi connectivity index (χ4v) is 4.07. The van der Waals surface area contributed by atoms with Gasteiger partial charge in [0.1, 0.15) is 0 Å². The van der Waals surface area contributed by atoms with Crippen LogP contribution >= 0.6 is 15.9 Å². The van der Waals surface area contributed by atoms with Crippen molar-refractivity contribution in [2.24, 2.45) is 0 Å². The summed E-state index contributed by atoms with van der Waals surface area (Å²) in [6, 6.07) is 5.01. The second-order valence-electron chi connectivity index (χ2n) is 5.44. The highest BCUT2D eigenvalue weighted by atomic mass is 79.9. The molecule has 1 aromatic carbocycles. The maximum Gasteiger partial charge on any atom is 0.240 e. The SMILES string of the molecule is Cc1cc(S(=O)(=O)NC(C)CN2CCCC2)ccc1Br. The molecule has 1 saturated heterocycles. The van der Waals surface area contributed by atoms with E-state index in [4.69, 9.17) is 0 Å². The van der Waals surface area contributed by atoms with E-state index in [1.54, 1.807) is 18.2 Å². The van der Waals surface area contributed by atoms with E-state index in [9.17, 15) is 8.42 Å². The first-order chi connectivity index (χ1) is 9.38. The molecular formula is C14H21BrN2O2S. The Morgan fingerprint density at radius 3 is 2.60 bits per heavy atom. The van der Waals surface area contributed by atoms with Crippen LogP contribution in [0.4, 0.5) is 0 Å². The standard InChI is InChI=1S/C14H21BrN2O2S/c1-11-9-13(5-6-14(11)15)20(18,19)16-12(2)10-17-7-3-4-8-17/h5-6,9,12,16H,3-4,7-8,10H2,1-2H3. The Labute approximate surface area is 129 Å². The molecule has 0 radical (unpaired) electrons. The van der Waals surface area contributed by atoms with Gasteiger partial charge in [-0.2, -0.15) is 0 Å². The van der Waals surface area contributed by atoms with Crippen LogP contribution in [-0.2, 0) is 10.0 Å². The molecule has 0 bridgehead atoms. The van der Waals surface area contributed by atoms with E-state index < -0.39 is 10.0 Å². The van der Waals surface area contributed by atoms with E-state index in [-0.39, 0.29) is 6.04 Å². The molecule has 4 nitrogen and oxygen atoms in total. The minimum atomic E-state index is -3.44. The van der Waals surface area contributed by atoms with E-state index in [0.29, 0.717) is 4.90 Å². The minimum absolute atomic E-state index is 0.0814. The summed E-state index contributed by atoms with van der Waals surface area (Å²) < 4.78 is 28.3. The number of sulfonamides is 1. The fraction of sp³-hybridized carbons (Fsp3) is 0.571. The van der Waals surface area contributed by atoms with Crippen molar-refractivity contribution in [3.63, 3.8) is 0 Å². The number of nitrogens with zero attached hydrogens (tertiary/aromatic N) is 1. The average molecular weight is 361 g/mol. The zero-order valence-electron chi connectivity index (χ0n) is 11.9. The predicted molar refractivity (Wildman–Crippen MR) is 84.3 cm³/mol. The van der Waals surface area contributed by atoms with Gasteiger partial charge in [0, 0.05) is 17.1 Å². The van der Waals surface area contributed by atoms with Gasteiger partial charge in [0.25, 0.3) is 0 Å². The van der Waals surface area contributed by atoms with Gasteiger partial charge in [-0.25, -0.2) is 13.1 Å². The van der Waals surface area contributed by atoms with Crippen molar-refractivity contribution in [2.75, 3.05) is 19.6 Å². The van der Waals surface area contributed by atoms with Crippen LogP contribution in [0.15, 0.2) is 27.6 Å². The quantitative estimate of drug-likeness (QED) is 0.877. The molecule has 0 aliphatic carbocycles. The van der Waals surface area contributed by atoms with Crippen molar-refractivity contribution >= 4 is 26.0 Å². The van der Waals surface area contributed by atoms with Gasteiger partial charge < -0.3 is 4.90 Å². The van der Waals surface area contributed by atoms with Crippen molar-refractivity contribution in [1.82, 2.24) is 9.62 Å². The third kappa shape index (κ3) is 4.04. The second kappa shape index (κ2) is 6.56. The van der Waals surface area contributed by atoms with Gasteiger partial charge in [-0.1, -0.05) is 15.9 Å². The molecule has 1 atom stereocenters. The Balaban J connectivity index is 2.03. The lowest BCUT2D eigenvalue weighted by atomic mass is 10.2. The molecule has 20 heavy (non-hydrogen) atoms. The first-order valence-corrected chi connectivity index (χ1v) is 9.17. The number of rotatable bonds is 5. The Morgan fingerprint density at radius 1 is 1.35 bits per heavy atom. The molecule has 1 heterocycles. The largest absolute Gasteiger partial charge is 0.302 e. The summed E-state index contributed by atoms with van der Waals surface area (Å²) in [6.07, 6.45) is 2.43. The average Bonchev–Trinajstić information content (AvgIpc) is 2.84. The lowest BCUT2D eigenvalue weighted by Crippen LogP contribution is -2.41. The number of halogens is 1. The highest BCUT2D eigenvalue weighted by Gasteiger charge is 2.21. The minimum Gasteiger partial charge on any atom is -0.302 e. The van der Waals surface area contributed by atoms with Gasteiger partial charge in [-0.3, -0.25) is 0 Å². The first kappa shape index (κ1) is 15.9. The van der Waals surface area contributed by atoms with Gasteiger partial charge in [0.05, 0.1) is 4.90 Å². The molecule has 1 fully saturated rings. The van der Waals surface area contributed by atoms with Gasteiger partial charge in [0.2, 0.25) is 10.0 Å². The number of likely N-dealkylation sites (tertiary alicyclic amines) is 1. The molecule has 0 aromatic heterocycles. The lowest BCUT2D eigenvalue weighted by Gasteiger charge is -2.21. The van der Waals surface area contributed by atoms with Gasteiger partial charge in [-0.15, -0.1) is 0 Å². The fourth-order valence-electron chi connectivity index (χ4n) is 2.51. The number of aryl methyl sites for hydroxylation is 1. The zero-order chi connectivity index (χ0) is 14.8. The highest BCUT2D eigenvalue weighted by molar-refractivity contribution is 9.10. The Kier molecular flexibility index (Phi) is 5.23. The molecular weight excluding hydrogens is 340 g/mol.